The second kappa shape index (κ2) is 7.86. The number of aliphatic hydroxyl groups is 1. The number of hydrogen-bond acceptors (Lipinski definition) is 3. The van der Waals surface area contributed by atoms with Crippen LogP contribution in [-0.4, -0.2) is 46.8 Å². The van der Waals surface area contributed by atoms with Gasteiger partial charge in [-0.25, -0.2) is 9.59 Å². The largest absolute Gasteiger partial charge is 0.478 e. The first kappa shape index (κ1) is 16.5. The number of para-hydroxylation sites is 1. The van der Waals surface area contributed by atoms with Crippen molar-refractivity contribution in [2.75, 3.05) is 25.0 Å². The van der Waals surface area contributed by atoms with Crippen LogP contribution in [0.3, 0.4) is 0 Å². The summed E-state index contributed by atoms with van der Waals surface area (Å²) in [5.41, 5.74) is 0.220. The van der Waals surface area contributed by atoms with E-state index in [9.17, 15) is 9.59 Å². The van der Waals surface area contributed by atoms with Crippen LogP contribution in [-0.2, 0) is 0 Å². The zero-order chi connectivity index (χ0) is 15.1. The van der Waals surface area contributed by atoms with E-state index in [1.165, 1.54) is 11.0 Å². The monoisotopic (exact) mass is 344 g/mol. The molecule has 1 aromatic rings. The maximum Gasteiger partial charge on any atom is 0.337 e. The van der Waals surface area contributed by atoms with Crippen LogP contribution in [0.15, 0.2) is 22.7 Å². The Balaban J connectivity index is 2.97. The Morgan fingerprint density at radius 3 is 2.60 bits per heavy atom. The van der Waals surface area contributed by atoms with Gasteiger partial charge in [-0.05, 0) is 34.5 Å². The SMILES string of the molecule is CCCN(CCO)C(=O)Nc1c(Br)cccc1C(=O)O. The van der Waals surface area contributed by atoms with Crippen molar-refractivity contribution in [3.8, 4) is 0 Å². The molecule has 110 valence electrons. The minimum Gasteiger partial charge on any atom is -0.478 e. The highest BCUT2D eigenvalue weighted by molar-refractivity contribution is 9.10. The number of carbonyl (C=O) groups is 2. The molecule has 0 aliphatic rings. The van der Waals surface area contributed by atoms with Crippen LogP contribution in [0, 0.1) is 0 Å². The van der Waals surface area contributed by atoms with Crippen molar-refractivity contribution in [2.24, 2.45) is 0 Å². The lowest BCUT2D eigenvalue weighted by Gasteiger charge is -2.22. The van der Waals surface area contributed by atoms with Crippen molar-refractivity contribution >= 4 is 33.6 Å². The Kier molecular flexibility index (Phi) is 6.47. The Morgan fingerprint density at radius 2 is 2.05 bits per heavy atom. The van der Waals surface area contributed by atoms with Crippen molar-refractivity contribution in [1.82, 2.24) is 4.90 Å². The number of nitrogens with one attached hydrogen (secondary N) is 1. The van der Waals surface area contributed by atoms with E-state index in [0.717, 1.165) is 6.42 Å². The highest BCUT2D eigenvalue weighted by Gasteiger charge is 2.18. The fourth-order valence-corrected chi connectivity index (χ4v) is 2.19. The molecule has 0 saturated heterocycles. The summed E-state index contributed by atoms with van der Waals surface area (Å²) in [5, 5.41) is 20.7. The molecule has 0 heterocycles. The van der Waals surface area contributed by atoms with Crippen LogP contribution in [0.4, 0.5) is 10.5 Å². The van der Waals surface area contributed by atoms with Crippen LogP contribution < -0.4 is 5.32 Å². The minimum absolute atomic E-state index is 0.00757. The fourth-order valence-electron chi connectivity index (χ4n) is 1.72. The van der Waals surface area contributed by atoms with Crippen LogP contribution in [0.1, 0.15) is 23.7 Å². The third kappa shape index (κ3) is 4.21. The normalized spacial score (nSPS) is 10.2. The summed E-state index contributed by atoms with van der Waals surface area (Å²) in [6.45, 7) is 2.46. The molecular formula is C13H17BrN2O4. The first-order chi connectivity index (χ1) is 9.51. The molecule has 0 bridgehead atoms. The van der Waals surface area contributed by atoms with E-state index in [1.54, 1.807) is 12.1 Å². The molecule has 0 atom stereocenters. The number of rotatable bonds is 6. The van der Waals surface area contributed by atoms with E-state index < -0.39 is 12.0 Å². The zero-order valence-corrected chi connectivity index (χ0v) is 12.7. The summed E-state index contributed by atoms with van der Waals surface area (Å²) in [6, 6.07) is 4.22. The number of carboxylic acids is 1. The summed E-state index contributed by atoms with van der Waals surface area (Å²) < 4.78 is 0.492. The summed E-state index contributed by atoms with van der Waals surface area (Å²) in [5.74, 6) is -1.12. The fraction of sp³-hybridized carbons (Fsp3) is 0.385. The number of urea groups is 1. The van der Waals surface area contributed by atoms with E-state index in [4.69, 9.17) is 10.2 Å². The van der Waals surface area contributed by atoms with Crippen LogP contribution >= 0.6 is 15.9 Å². The lowest BCUT2D eigenvalue weighted by Crippen LogP contribution is -2.38. The topological polar surface area (TPSA) is 89.9 Å². The third-order valence-electron chi connectivity index (χ3n) is 2.63. The predicted molar refractivity (Wildman–Crippen MR) is 79.1 cm³/mol. The summed E-state index contributed by atoms with van der Waals surface area (Å²) in [7, 11) is 0. The molecule has 0 aromatic heterocycles. The molecule has 0 saturated carbocycles. The van der Waals surface area contributed by atoms with E-state index in [2.05, 4.69) is 21.2 Å². The number of nitrogens with zero attached hydrogens (tertiary/aromatic N) is 1. The lowest BCUT2D eigenvalue weighted by atomic mass is 10.2. The van der Waals surface area contributed by atoms with E-state index >= 15 is 0 Å². The van der Waals surface area contributed by atoms with Gasteiger partial charge in [-0.3, -0.25) is 0 Å². The van der Waals surface area contributed by atoms with E-state index in [1.807, 2.05) is 6.92 Å². The van der Waals surface area contributed by atoms with Gasteiger partial charge in [-0.15, -0.1) is 0 Å². The molecule has 0 radical (unpaired) electrons. The number of aromatic carboxylic acids is 1. The molecule has 0 fully saturated rings. The summed E-state index contributed by atoms with van der Waals surface area (Å²) >= 11 is 3.23. The number of hydrogen-bond donors (Lipinski definition) is 3. The average Bonchev–Trinajstić information content (AvgIpc) is 2.40. The number of carboxylic acid groups (broad SMARTS) is 1. The molecule has 0 aliphatic heterocycles. The highest BCUT2D eigenvalue weighted by Crippen LogP contribution is 2.26. The molecule has 0 unspecified atom stereocenters. The number of carbonyl (C=O) groups excluding carboxylic acids is 1. The van der Waals surface area contributed by atoms with Gasteiger partial charge >= 0.3 is 12.0 Å². The second-order valence-electron chi connectivity index (χ2n) is 4.11. The van der Waals surface area contributed by atoms with Gasteiger partial charge in [0.2, 0.25) is 0 Å². The van der Waals surface area contributed by atoms with Gasteiger partial charge in [0.1, 0.15) is 0 Å². The maximum atomic E-state index is 12.1. The van der Waals surface area contributed by atoms with E-state index in [-0.39, 0.29) is 24.4 Å². The number of aliphatic hydroxyl groups excluding tert-OH is 1. The zero-order valence-electron chi connectivity index (χ0n) is 11.1. The smallest absolute Gasteiger partial charge is 0.337 e. The number of halogens is 1. The van der Waals surface area contributed by atoms with Crippen LogP contribution in [0.5, 0.6) is 0 Å². The molecule has 20 heavy (non-hydrogen) atoms. The van der Waals surface area contributed by atoms with Crippen molar-refractivity contribution in [3.63, 3.8) is 0 Å². The van der Waals surface area contributed by atoms with Gasteiger partial charge in [0.15, 0.2) is 0 Å². The molecule has 2 amide bonds. The summed E-state index contributed by atoms with van der Waals surface area (Å²) in [4.78, 5) is 24.7. The second-order valence-corrected chi connectivity index (χ2v) is 4.96. The highest BCUT2D eigenvalue weighted by atomic mass is 79.9. The summed E-state index contributed by atoms with van der Waals surface area (Å²) in [6.07, 6.45) is 0.745. The van der Waals surface area contributed by atoms with E-state index in [0.29, 0.717) is 11.0 Å². The van der Waals surface area contributed by atoms with Crippen molar-refractivity contribution in [2.45, 2.75) is 13.3 Å². The Bertz CT molecular complexity index is 487. The number of anilines is 1. The molecule has 6 nitrogen and oxygen atoms in total. The molecule has 1 rings (SSSR count). The maximum absolute atomic E-state index is 12.1. The Morgan fingerprint density at radius 1 is 1.35 bits per heavy atom. The van der Waals surface area contributed by atoms with Gasteiger partial charge in [-0.2, -0.15) is 0 Å². The third-order valence-corrected chi connectivity index (χ3v) is 3.29. The van der Waals surface area contributed by atoms with Gasteiger partial charge in [0.25, 0.3) is 0 Å². The molecular weight excluding hydrogens is 328 g/mol. The van der Waals surface area contributed by atoms with Crippen molar-refractivity contribution < 1.29 is 19.8 Å². The molecule has 7 heteroatoms. The molecule has 3 N–H and O–H groups in total. The van der Waals surface area contributed by atoms with Crippen molar-refractivity contribution in [3.05, 3.63) is 28.2 Å². The van der Waals surface area contributed by atoms with Crippen LogP contribution in [0.2, 0.25) is 0 Å². The standard InChI is InChI=1S/C13H17BrN2O4/c1-2-6-16(7-8-17)13(20)15-11-9(12(18)19)4-3-5-10(11)14/h3-5,17H,2,6-8H2,1H3,(H,15,20)(H,18,19). The number of benzene rings is 1. The Hall–Kier alpha value is -1.60. The van der Waals surface area contributed by atoms with Gasteiger partial charge in [0, 0.05) is 17.6 Å². The first-order valence-electron chi connectivity index (χ1n) is 6.19. The minimum atomic E-state index is -1.12. The van der Waals surface area contributed by atoms with Crippen molar-refractivity contribution in [1.29, 1.82) is 0 Å². The Labute approximate surface area is 125 Å². The molecule has 0 spiro atoms. The quantitative estimate of drug-likeness (QED) is 0.738. The molecule has 0 aliphatic carbocycles. The van der Waals surface area contributed by atoms with Gasteiger partial charge in [-0.1, -0.05) is 13.0 Å². The van der Waals surface area contributed by atoms with Gasteiger partial charge < -0.3 is 20.4 Å². The predicted octanol–water partition coefficient (Wildman–Crippen LogP) is 2.38. The molecule has 1 aromatic carbocycles. The van der Waals surface area contributed by atoms with Crippen LogP contribution in [0.25, 0.3) is 0 Å². The lowest BCUT2D eigenvalue weighted by molar-refractivity contribution is 0.0698. The first-order valence-corrected chi connectivity index (χ1v) is 6.99. The average molecular weight is 345 g/mol. The van der Waals surface area contributed by atoms with Gasteiger partial charge in [0.05, 0.1) is 17.9 Å². The number of amides is 2.